The first kappa shape index (κ1) is 16.8. The summed E-state index contributed by atoms with van der Waals surface area (Å²) in [6, 6.07) is 19.6. The van der Waals surface area contributed by atoms with Crippen molar-refractivity contribution in [2.45, 2.75) is 43.8 Å². The molecule has 4 nitrogen and oxygen atoms in total. The van der Waals surface area contributed by atoms with Crippen molar-refractivity contribution in [3.05, 3.63) is 71.8 Å². The van der Waals surface area contributed by atoms with Crippen molar-refractivity contribution < 1.29 is 20.5 Å². The molecule has 0 radical (unpaired) electrons. The molecule has 1 aliphatic heterocycles. The Balaban J connectivity index is 0.00000210. The molecule has 4 heteroatoms. The van der Waals surface area contributed by atoms with Crippen LogP contribution in [0.2, 0.25) is 0 Å². The van der Waals surface area contributed by atoms with E-state index in [-0.39, 0.29) is 43.3 Å². The average molecular weight is 352 g/mol. The third kappa shape index (κ3) is 3.12. The van der Waals surface area contributed by atoms with Gasteiger partial charge in [0.25, 0.3) is 0 Å². The van der Waals surface area contributed by atoms with Crippen LogP contribution in [0, 0.1) is 5.92 Å². The fourth-order valence-electron chi connectivity index (χ4n) is 4.25. The van der Waals surface area contributed by atoms with Crippen LogP contribution in [0.25, 0.3) is 0 Å². The SMILES string of the molecule is C[C@@H](C(=O)O[C@H]1C[C@H]2OC(=O)CC2[C@@H]1c1ccccc1)c1ccccc1.[HH]. The Bertz CT molecular complexity index is 792. The molecule has 0 bridgehead atoms. The smallest absolute Gasteiger partial charge is 0.313 e. The molecule has 136 valence electrons. The Morgan fingerprint density at radius 2 is 1.77 bits per heavy atom. The molecule has 0 amide bonds. The third-order valence-electron chi connectivity index (χ3n) is 5.59. The molecular formula is C22H24O4. The lowest BCUT2D eigenvalue weighted by atomic mass is 9.86. The van der Waals surface area contributed by atoms with Gasteiger partial charge in [0.2, 0.25) is 0 Å². The van der Waals surface area contributed by atoms with Crippen molar-refractivity contribution in [1.29, 1.82) is 0 Å². The van der Waals surface area contributed by atoms with E-state index in [0.29, 0.717) is 12.8 Å². The number of carbonyl (C=O) groups excluding carboxylic acids is 2. The first-order chi connectivity index (χ1) is 12.6. The van der Waals surface area contributed by atoms with Crippen LogP contribution in [0.1, 0.15) is 44.2 Å². The van der Waals surface area contributed by atoms with Crippen LogP contribution >= 0.6 is 0 Å². The topological polar surface area (TPSA) is 52.6 Å². The maximum absolute atomic E-state index is 12.7. The van der Waals surface area contributed by atoms with Gasteiger partial charge in [0.1, 0.15) is 12.2 Å². The van der Waals surface area contributed by atoms with Gasteiger partial charge in [0.05, 0.1) is 12.3 Å². The first-order valence-corrected chi connectivity index (χ1v) is 9.13. The number of fused-ring (bicyclic) bond motifs is 1. The van der Waals surface area contributed by atoms with Crippen molar-refractivity contribution in [3.63, 3.8) is 0 Å². The highest BCUT2D eigenvalue weighted by Gasteiger charge is 2.52. The summed E-state index contributed by atoms with van der Waals surface area (Å²) in [4.78, 5) is 24.5. The summed E-state index contributed by atoms with van der Waals surface area (Å²) < 4.78 is 11.4. The normalized spacial score (nSPS) is 28.3. The number of ether oxygens (including phenoxy) is 2. The molecule has 0 aromatic heterocycles. The number of rotatable bonds is 4. The Morgan fingerprint density at radius 1 is 1.12 bits per heavy atom. The van der Waals surface area contributed by atoms with Crippen molar-refractivity contribution in [2.75, 3.05) is 0 Å². The maximum Gasteiger partial charge on any atom is 0.313 e. The van der Waals surface area contributed by atoms with E-state index in [1.165, 1.54) is 0 Å². The molecule has 2 aliphatic rings. The summed E-state index contributed by atoms with van der Waals surface area (Å²) in [6.45, 7) is 1.87. The lowest BCUT2D eigenvalue weighted by Gasteiger charge is -2.25. The van der Waals surface area contributed by atoms with E-state index in [4.69, 9.17) is 9.47 Å². The van der Waals surface area contributed by atoms with Crippen LogP contribution in [-0.4, -0.2) is 24.1 Å². The fourth-order valence-corrected chi connectivity index (χ4v) is 4.25. The lowest BCUT2D eigenvalue weighted by Crippen LogP contribution is -2.26. The molecule has 1 saturated carbocycles. The van der Waals surface area contributed by atoms with Gasteiger partial charge < -0.3 is 9.47 Å². The van der Waals surface area contributed by atoms with Crippen molar-refractivity contribution in [2.24, 2.45) is 5.92 Å². The van der Waals surface area contributed by atoms with Crippen molar-refractivity contribution in [3.8, 4) is 0 Å². The van der Waals surface area contributed by atoms with Gasteiger partial charge >= 0.3 is 11.9 Å². The molecule has 2 aromatic carbocycles. The monoisotopic (exact) mass is 352 g/mol. The summed E-state index contributed by atoms with van der Waals surface area (Å²) in [5.41, 5.74) is 2.04. The van der Waals surface area contributed by atoms with Gasteiger partial charge in [-0.2, -0.15) is 0 Å². The first-order valence-electron chi connectivity index (χ1n) is 9.13. The van der Waals surface area contributed by atoms with E-state index in [2.05, 4.69) is 0 Å². The zero-order chi connectivity index (χ0) is 18.1. The van der Waals surface area contributed by atoms with Crippen molar-refractivity contribution in [1.82, 2.24) is 0 Å². The van der Waals surface area contributed by atoms with E-state index < -0.39 is 0 Å². The molecule has 0 N–H and O–H groups in total. The zero-order valence-electron chi connectivity index (χ0n) is 14.7. The van der Waals surface area contributed by atoms with Crippen LogP contribution in [0.5, 0.6) is 0 Å². The molecule has 1 heterocycles. The summed E-state index contributed by atoms with van der Waals surface area (Å²) >= 11 is 0. The Hall–Kier alpha value is -2.62. The molecule has 5 atom stereocenters. The largest absolute Gasteiger partial charge is 0.462 e. The predicted molar refractivity (Wildman–Crippen MR) is 98.6 cm³/mol. The number of hydrogen-bond acceptors (Lipinski definition) is 4. The highest BCUT2D eigenvalue weighted by Crippen LogP contribution is 2.48. The number of carbonyl (C=O) groups is 2. The van der Waals surface area contributed by atoms with E-state index in [0.717, 1.165) is 11.1 Å². The number of hydrogen-bond donors (Lipinski definition) is 0. The standard InChI is InChI=1S/C22H22O4.H2/c1-14(15-8-4-2-5-9-15)22(24)26-19-13-18-17(12-20(23)25-18)21(19)16-10-6-3-7-11-16;/h2-11,14,17-19,21H,12-13H2,1H3;1H/t14-,17?,18-,19+,21+;/m1./s1. The number of benzene rings is 2. The quantitative estimate of drug-likeness (QED) is 0.779. The van der Waals surface area contributed by atoms with Crippen LogP contribution in [0.4, 0.5) is 0 Å². The van der Waals surface area contributed by atoms with Crippen molar-refractivity contribution >= 4 is 11.9 Å². The van der Waals surface area contributed by atoms with Crippen LogP contribution in [0.3, 0.4) is 0 Å². The Labute approximate surface area is 154 Å². The zero-order valence-corrected chi connectivity index (χ0v) is 14.7. The highest BCUT2D eigenvalue weighted by atomic mass is 16.6. The minimum atomic E-state index is -0.324. The van der Waals surface area contributed by atoms with Gasteiger partial charge in [-0.3, -0.25) is 9.59 Å². The van der Waals surface area contributed by atoms with Crippen LogP contribution in [0.15, 0.2) is 60.7 Å². The molecule has 1 unspecified atom stereocenters. The molecular weight excluding hydrogens is 328 g/mol. The second kappa shape index (κ2) is 6.94. The summed E-state index contributed by atoms with van der Waals surface area (Å²) in [6.07, 6.45) is 0.548. The molecule has 2 fully saturated rings. The molecule has 0 spiro atoms. The summed E-state index contributed by atoms with van der Waals surface area (Å²) in [5.74, 6) is -0.623. The van der Waals surface area contributed by atoms with E-state index in [1.54, 1.807) is 0 Å². The van der Waals surface area contributed by atoms with Gasteiger partial charge in [-0.1, -0.05) is 60.7 Å². The van der Waals surface area contributed by atoms with E-state index >= 15 is 0 Å². The van der Waals surface area contributed by atoms with Gasteiger partial charge in [-0.15, -0.1) is 0 Å². The Kier molecular flexibility index (Phi) is 4.49. The molecule has 1 saturated heterocycles. The number of esters is 2. The molecule has 26 heavy (non-hydrogen) atoms. The minimum absolute atomic E-state index is 0. The average Bonchev–Trinajstić information content (AvgIpc) is 3.17. The highest BCUT2D eigenvalue weighted by molar-refractivity contribution is 5.78. The summed E-state index contributed by atoms with van der Waals surface area (Å²) in [5, 5.41) is 0. The van der Waals surface area contributed by atoms with E-state index in [9.17, 15) is 9.59 Å². The van der Waals surface area contributed by atoms with Gasteiger partial charge in [-0.05, 0) is 18.1 Å². The second-order valence-corrected chi connectivity index (χ2v) is 7.18. The van der Waals surface area contributed by atoms with Gasteiger partial charge in [0.15, 0.2) is 0 Å². The molecule has 4 rings (SSSR count). The maximum atomic E-state index is 12.7. The minimum Gasteiger partial charge on any atom is -0.462 e. The van der Waals surface area contributed by atoms with Crippen LogP contribution in [-0.2, 0) is 19.1 Å². The lowest BCUT2D eigenvalue weighted by molar-refractivity contribution is -0.152. The summed E-state index contributed by atoms with van der Waals surface area (Å²) in [7, 11) is 0. The Morgan fingerprint density at radius 3 is 2.46 bits per heavy atom. The van der Waals surface area contributed by atoms with E-state index in [1.807, 2.05) is 67.6 Å². The van der Waals surface area contributed by atoms with Crippen LogP contribution < -0.4 is 0 Å². The predicted octanol–water partition coefficient (Wildman–Crippen LogP) is 4.07. The molecule has 1 aliphatic carbocycles. The van der Waals surface area contributed by atoms with Gasteiger partial charge in [0, 0.05) is 19.7 Å². The second-order valence-electron chi connectivity index (χ2n) is 7.18. The third-order valence-corrected chi connectivity index (χ3v) is 5.59. The molecule has 2 aromatic rings. The fraction of sp³-hybridized carbons (Fsp3) is 0.364. The van der Waals surface area contributed by atoms with Gasteiger partial charge in [-0.25, -0.2) is 0 Å².